The molecule has 1 atom stereocenters. The average molecular weight is 269 g/mol. The maximum absolute atomic E-state index is 11.5. The standard InChI is InChI=1S/C11H13BrN2O/c1-11(10(13)15)6-14(2)9-4-3-7(12)5-8(9)11/h3-5H,6H2,1-2H3,(H2,13,15). The number of carbonyl (C=O) groups excluding carboxylic acids is 1. The van der Waals surface area contributed by atoms with Crippen LogP contribution in [0.3, 0.4) is 0 Å². The van der Waals surface area contributed by atoms with Gasteiger partial charge in [0.15, 0.2) is 0 Å². The van der Waals surface area contributed by atoms with E-state index in [1.54, 1.807) is 0 Å². The SMILES string of the molecule is CN1CC(C)(C(N)=O)c2cc(Br)ccc21. The zero-order chi connectivity index (χ0) is 11.2. The Morgan fingerprint density at radius 3 is 2.87 bits per heavy atom. The van der Waals surface area contributed by atoms with Crippen LogP contribution >= 0.6 is 15.9 Å². The highest BCUT2D eigenvalue weighted by Crippen LogP contribution is 2.40. The van der Waals surface area contributed by atoms with Crippen LogP contribution < -0.4 is 10.6 Å². The first-order chi connectivity index (χ1) is 6.95. The van der Waals surface area contributed by atoms with Gasteiger partial charge in [-0.15, -0.1) is 0 Å². The molecule has 1 heterocycles. The van der Waals surface area contributed by atoms with Gasteiger partial charge in [-0.25, -0.2) is 0 Å². The average Bonchev–Trinajstić information content (AvgIpc) is 2.40. The van der Waals surface area contributed by atoms with Gasteiger partial charge in [-0.05, 0) is 30.7 Å². The van der Waals surface area contributed by atoms with Gasteiger partial charge in [-0.2, -0.15) is 0 Å². The number of benzene rings is 1. The van der Waals surface area contributed by atoms with E-state index in [4.69, 9.17) is 5.73 Å². The molecular weight excluding hydrogens is 256 g/mol. The van der Waals surface area contributed by atoms with Crippen molar-refractivity contribution >= 4 is 27.5 Å². The second-order valence-electron chi connectivity index (χ2n) is 4.21. The maximum Gasteiger partial charge on any atom is 0.229 e. The third-order valence-electron chi connectivity index (χ3n) is 3.06. The Kier molecular flexibility index (Phi) is 2.26. The van der Waals surface area contributed by atoms with E-state index in [0.29, 0.717) is 6.54 Å². The molecule has 3 nitrogen and oxygen atoms in total. The van der Waals surface area contributed by atoms with Crippen molar-refractivity contribution in [2.75, 3.05) is 18.5 Å². The summed E-state index contributed by atoms with van der Waals surface area (Å²) in [5.41, 5.74) is 6.99. The van der Waals surface area contributed by atoms with Gasteiger partial charge in [-0.1, -0.05) is 15.9 Å². The van der Waals surface area contributed by atoms with Crippen molar-refractivity contribution in [2.24, 2.45) is 5.73 Å². The van der Waals surface area contributed by atoms with E-state index in [-0.39, 0.29) is 5.91 Å². The molecule has 1 aliphatic rings. The van der Waals surface area contributed by atoms with E-state index >= 15 is 0 Å². The molecule has 0 radical (unpaired) electrons. The summed E-state index contributed by atoms with van der Waals surface area (Å²) in [5.74, 6) is -0.272. The van der Waals surface area contributed by atoms with Crippen molar-refractivity contribution in [3.8, 4) is 0 Å². The number of likely N-dealkylation sites (N-methyl/N-ethyl adjacent to an activating group) is 1. The molecule has 4 heteroatoms. The topological polar surface area (TPSA) is 46.3 Å². The summed E-state index contributed by atoms with van der Waals surface area (Å²) in [4.78, 5) is 13.6. The molecule has 0 saturated carbocycles. The van der Waals surface area contributed by atoms with Gasteiger partial charge in [0.1, 0.15) is 0 Å². The molecule has 2 N–H and O–H groups in total. The number of hydrogen-bond acceptors (Lipinski definition) is 2. The first-order valence-electron chi connectivity index (χ1n) is 4.76. The number of nitrogens with two attached hydrogens (primary N) is 1. The second-order valence-corrected chi connectivity index (χ2v) is 5.13. The molecule has 0 aliphatic carbocycles. The molecular formula is C11H13BrN2O. The second kappa shape index (κ2) is 3.23. The minimum absolute atomic E-state index is 0.272. The summed E-state index contributed by atoms with van der Waals surface area (Å²) in [7, 11) is 1.97. The third kappa shape index (κ3) is 1.44. The zero-order valence-electron chi connectivity index (χ0n) is 8.75. The molecule has 0 bridgehead atoms. The van der Waals surface area contributed by atoms with E-state index < -0.39 is 5.41 Å². The fourth-order valence-corrected chi connectivity index (χ4v) is 2.50. The lowest BCUT2D eigenvalue weighted by molar-refractivity contribution is -0.122. The lowest BCUT2D eigenvalue weighted by atomic mass is 9.84. The zero-order valence-corrected chi connectivity index (χ0v) is 10.3. The lowest BCUT2D eigenvalue weighted by Gasteiger charge is -2.20. The number of fused-ring (bicyclic) bond motifs is 1. The van der Waals surface area contributed by atoms with E-state index in [9.17, 15) is 4.79 Å². The van der Waals surface area contributed by atoms with Crippen LogP contribution in [-0.2, 0) is 10.2 Å². The minimum atomic E-state index is -0.576. The molecule has 0 fully saturated rings. The third-order valence-corrected chi connectivity index (χ3v) is 3.55. The van der Waals surface area contributed by atoms with Crippen LogP contribution in [0.4, 0.5) is 5.69 Å². The number of amides is 1. The van der Waals surface area contributed by atoms with Gasteiger partial charge in [0, 0.05) is 23.8 Å². The highest BCUT2D eigenvalue weighted by atomic mass is 79.9. The van der Waals surface area contributed by atoms with Crippen molar-refractivity contribution in [3.63, 3.8) is 0 Å². The molecule has 15 heavy (non-hydrogen) atoms. The Bertz CT molecular complexity index is 433. The van der Waals surface area contributed by atoms with Gasteiger partial charge in [0.25, 0.3) is 0 Å². The molecule has 1 aromatic carbocycles. The summed E-state index contributed by atoms with van der Waals surface area (Å²) in [6.45, 7) is 2.54. The number of rotatable bonds is 1. The predicted molar refractivity (Wildman–Crippen MR) is 64.0 cm³/mol. The van der Waals surface area contributed by atoms with Gasteiger partial charge in [-0.3, -0.25) is 4.79 Å². The molecule has 1 amide bonds. The number of anilines is 1. The number of hydrogen-bond donors (Lipinski definition) is 1. The molecule has 2 rings (SSSR count). The quantitative estimate of drug-likeness (QED) is 0.842. The van der Waals surface area contributed by atoms with Crippen molar-refractivity contribution < 1.29 is 4.79 Å². The van der Waals surface area contributed by atoms with Crippen LogP contribution in [0.1, 0.15) is 12.5 Å². The summed E-state index contributed by atoms with van der Waals surface area (Å²) < 4.78 is 0.976. The first-order valence-corrected chi connectivity index (χ1v) is 5.55. The molecule has 1 unspecified atom stereocenters. The lowest BCUT2D eigenvalue weighted by Crippen LogP contribution is -2.41. The summed E-state index contributed by atoms with van der Waals surface area (Å²) in [5, 5.41) is 0. The van der Waals surface area contributed by atoms with E-state index in [2.05, 4.69) is 20.8 Å². The van der Waals surface area contributed by atoms with Crippen molar-refractivity contribution in [2.45, 2.75) is 12.3 Å². The summed E-state index contributed by atoms with van der Waals surface area (Å²) in [6, 6.07) is 5.96. The van der Waals surface area contributed by atoms with Crippen LogP contribution in [0.25, 0.3) is 0 Å². The van der Waals surface area contributed by atoms with Crippen LogP contribution in [0.5, 0.6) is 0 Å². The number of primary amides is 1. The Labute approximate surface area is 97.4 Å². The molecule has 1 aromatic rings. The Morgan fingerprint density at radius 1 is 1.60 bits per heavy atom. The maximum atomic E-state index is 11.5. The van der Waals surface area contributed by atoms with Crippen molar-refractivity contribution in [3.05, 3.63) is 28.2 Å². The monoisotopic (exact) mass is 268 g/mol. The summed E-state index contributed by atoms with van der Waals surface area (Å²) in [6.07, 6.45) is 0. The highest BCUT2D eigenvalue weighted by molar-refractivity contribution is 9.10. The Morgan fingerprint density at radius 2 is 2.27 bits per heavy atom. The van der Waals surface area contributed by atoms with E-state index in [1.165, 1.54) is 0 Å². The predicted octanol–water partition coefficient (Wildman–Crippen LogP) is 1.64. The van der Waals surface area contributed by atoms with E-state index in [0.717, 1.165) is 15.7 Å². The number of nitrogens with zero attached hydrogens (tertiary/aromatic N) is 1. The van der Waals surface area contributed by atoms with Gasteiger partial charge in [0.2, 0.25) is 5.91 Å². The van der Waals surface area contributed by atoms with Gasteiger partial charge in [0.05, 0.1) is 5.41 Å². The Balaban J connectivity index is 2.62. The molecule has 0 aromatic heterocycles. The van der Waals surface area contributed by atoms with Crippen LogP contribution in [0, 0.1) is 0 Å². The minimum Gasteiger partial charge on any atom is -0.373 e. The summed E-state index contributed by atoms with van der Waals surface area (Å²) >= 11 is 3.41. The fraction of sp³-hybridized carbons (Fsp3) is 0.364. The van der Waals surface area contributed by atoms with Crippen molar-refractivity contribution in [1.82, 2.24) is 0 Å². The van der Waals surface area contributed by atoms with Gasteiger partial charge < -0.3 is 10.6 Å². The fourth-order valence-electron chi connectivity index (χ4n) is 2.14. The van der Waals surface area contributed by atoms with Gasteiger partial charge >= 0.3 is 0 Å². The van der Waals surface area contributed by atoms with Crippen LogP contribution in [-0.4, -0.2) is 19.5 Å². The van der Waals surface area contributed by atoms with Crippen LogP contribution in [0.2, 0.25) is 0 Å². The largest absolute Gasteiger partial charge is 0.373 e. The number of carbonyl (C=O) groups is 1. The molecule has 80 valence electrons. The molecule has 0 saturated heterocycles. The normalized spacial score (nSPS) is 24.1. The van der Waals surface area contributed by atoms with Crippen LogP contribution in [0.15, 0.2) is 22.7 Å². The molecule has 0 spiro atoms. The van der Waals surface area contributed by atoms with Crippen molar-refractivity contribution in [1.29, 1.82) is 0 Å². The Hall–Kier alpha value is -1.03. The molecule has 1 aliphatic heterocycles. The highest BCUT2D eigenvalue weighted by Gasteiger charge is 2.42. The first kappa shape index (κ1) is 10.5. The smallest absolute Gasteiger partial charge is 0.229 e. The van der Waals surface area contributed by atoms with E-state index in [1.807, 2.05) is 32.2 Å². The number of halogens is 1.